The van der Waals surface area contributed by atoms with Crippen molar-refractivity contribution in [3.05, 3.63) is 24.3 Å². The molecule has 0 aliphatic carbocycles. The number of hydrogen-bond donors (Lipinski definition) is 2. The molecular weight excluding hydrogens is 276 g/mol. The van der Waals surface area contributed by atoms with Crippen LogP contribution in [0, 0.1) is 0 Å². The Bertz CT molecular complexity index is 510. The molecule has 0 radical (unpaired) electrons. The van der Waals surface area contributed by atoms with Crippen LogP contribution in [0.3, 0.4) is 0 Å². The minimum atomic E-state index is -3.50. The lowest BCUT2D eigenvalue weighted by Gasteiger charge is -2.24. The lowest BCUT2D eigenvalue weighted by atomic mass is 10.0. The van der Waals surface area contributed by atoms with Crippen LogP contribution in [-0.4, -0.2) is 27.1 Å². The second kappa shape index (κ2) is 7.06. The molecule has 0 saturated carbocycles. The van der Waals surface area contributed by atoms with Crippen LogP contribution in [0.2, 0.25) is 0 Å². The van der Waals surface area contributed by atoms with Gasteiger partial charge in [-0.3, -0.25) is 0 Å². The molecule has 114 valence electrons. The summed E-state index contributed by atoms with van der Waals surface area (Å²) in [5.41, 5.74) is 4.92. The van der Waals surface area contributed by atoms with E-state index in [0.717, 1.165) is 6.42 Å². The Morgan fingerprint density at radius 2 is 1.85 bits per heavy atom. The van der Waals surface area contributed by atoms with E-state index in [1.54, 1.807) is 24.3 Å². The van der Waals surface area contributed by atoms with E-state index in [4.69, 9.17) is 10.5 Å². The molecule has 0 saturated heterocycles. The lowest BCUT2D eigenvalue weighted by Crippen LogP contribution is -2.42. The summed E-state index contributed by atoms with van der Waals surface area (Å²) in [6, 6.07) is 6.41. The Labute approximate surface area is 121 Å². The molecule has 0 unspecified atom stereocenters. The van der Waals surface area contributed by atoms with E-state index in [1.165, 1.54) is 0 Å². The van der Waals surface area contributed by atoms with Gasteiger partial charge in [0.25, 0.3) is 0 Å². The van der Waals surface area contributed by atoms with Gasteiger partial charge in [0.15, 0.2) is 0 Å². The summed E-state index contributed by atoms with van der Waals surface area (Å²) in [5, 5.41) is 0. The summed E-state index contributed by atoms with van der Waals surface area (Å²) >= 11 is 0. The topological polar surface area (TPSA) is 81.4 Å². The van der Waals surface area contributed by atoms with Crippen molar-refractivity contribution in [3.8, 4) is 5.75 Å². The molecule has 0 amide bonds. The van der Waals surface area contributed by atoms with Crippen molar-refractivity contribution in [1.82, 2.24) is 4.72 Å². The predicted molar refractivity (Wildman–Crippen MR) is 80.3 cm³/mol. The smallest absolute Gasteiger partial charge is 0.241 e. The number of ether oxygens (including phenoxy) is 1. The van der Waals surface area contributed by atoms with E-state index >= 15 is 0 Å². The molecule has 1 aromatic rings. The highest BCUT2D eigenvalue weighted by Crippen LogP contribution is 2.18. The molecule has 0 aliphatic heterocycles. The van der Waals surface area contributed by atoms with Crippen molar-refractivity contribution in [1.29, 1.82) is 0 Å². The highest BCUT2D eigenvalue weighted by atomic mass is 32.2. The van der Waals surface area contributed by atoms with Crippen LogP contribution >= 0.6 is 0 Å². The zero-order chi connectivity index (χ0) is 15.2. The highest BCUT2D eigenvalue weighted by Gasteiger charge is 2.24. The van der Waals surface area contributed by atoms with E-state index in [1.807, 2.05) is 20.8 Å². The predicted octanol–water partition coefficient (Wildman–Crippen LogP) is 1.88. The van der Waals surface area contributed by atoms with Gasteiger partial charge in [0.1, 0.15) is 5.75 Å². The second-order valence-electron chi connectivity index (χ2n) is 5.31. The molecule has 1 rings (SSSR count). The Kier molecular flexibility index (Phi) is 5.98. The van der Waals surface area contributed by atoms with Gasteiger partial charge in [-0.05, 0) is 57.5 Å². The average molecular weight is 300 g/mol. The first-order valence-corrected chi connectivity index (χ1v) is 8.26. The van der Waals surface area contributed by atoms with E-state index in [9.17, 15) is 8.42 Å². The van der Waals surface area contributed by atoms with Crippen LogP contribution in [0.15, 0.2) is 29.2 Å². The molecule has 3 N–H and O–H groups in total. The fourth-order valence-corrected chi connectivity index (χ4v) is 2.97. The number of sulfonamides is 1. The molecule has 1 aromatic carbocycles. The van der Waals surface area contributed by atoms with Crippen LogP contribution in [0.4, 0.5) is 0 Å². The summed E-state index contributed by atoms with van der Waals surface area (Å²) in [5.74, 6) is 0.646. The molecule has 0 aliphatic rings. The second-order valence-corrected chi connectivity index (χ2v) is 6.99. The fraction of sp³-hybridized carbons (Fsp3) is 0.571. The first-order valence-electron chi connectivity index (χ1n) is 6.77. The summed E-state index contributed by atoms with van der Waals surface area (Å²) in [7, 11) is -3.50. The third kappa shape index (κ3) is 5.11. The van der Waals surface area contributed by atoms with Gasteiger partial charge in [0.2, 0.25) is 10.0 Å². The molecule has 0 atom stereocenters. The monoisotopic (exact) mass is 300 g/mol. The Hall–Kier alpha value is -1.11. The average Bonchev–Trinajstić information content (AvgIpc) is 2.38. The van der Waals surface area contributed by atoms with Crippen LogP contribution < -0.4 is 15.2 Å². The molecular formula is C14H24N2O3S. The van der Waals surface area contributed by atoms with Crippen LogP contribution in [0.5, 0.6) is 5.75 Å². The number of nitrogens with two attached hydrogens (primary N) is 1. The Balaban J connectivity index is 2.77. The standard InChI is InChI=1S/C14H24N2O3S/c1-4-14(2,3)16-20(17,18)13-8-6-12(7-9-13)19-11-5-10-15/h6-9,16H,4-5,10-11,15H2,1-3H3. The van der Waals surface area contributed by atoms with Crippen molar-refractivity contribution in [3.63, 3.8) is 0 Å². The van der Waals surface area contributed by atoms with E-state index in [0.29, 0.717) is 25.3 Å². The molecule has 6 heteroatoms. The van der Waals surface area contributed by atoms with Gasteiger partial charge in [0, 0.05) is 5.54 Å². The molecule has 0 spiro atoms. The van der Waals surface area contributed by atoms with E-state index in [2.05, 4.69) is 4.72 Å². The Morgan fingerprint density at radius 1 is 1.25 bits per heavy atom. The maximum Gasteiger partial charge on any atom is 0.241 e. The summed E-state index contributed by atoms with van der Waals surface area (Å²) in [4.78, 5) is 0.241. The van der Waals surface area contributed by atoms with Crippen LogP contribution in [-0.2, 0) is 10.0 Å². The van der Waals surface area contributed by atoms with E-state index in [-0.39, 0.29) is 4.90 Å². The highest BCUT2D eigenvalue weighted by molar-refractivity contribution is 7.89. The molecule has 20 heavy (non-hydrogen) atoms. The van der Waals surface area contributed by atoms with Crippen molar-refractivity contribution < 1.29 is 13.2 Å². The van der Waals surface area contributed by atoms with Gasteiger partial charge in [-0.25, -0.2) is 13.1 Å². The van der Waals surface area contributed by atoms with Crippen molar-refractivity contribution in [2.45, 2.75) is 44.0 Å². The summed E-state index contributed by atoms with van der Waals surface area (Å²) in [6.07, 6.45) is 1.48. The molecule has 0 bridgehead atoms. The maximum absolute atomic E-state index is 12.2. The first-order chi connectivity index (χ1) is 9.30. The van der Waals surface area contributed by atoms with Crippen LogP contribution in [0.1, 0.15) is 33.6 Å². The lowest BCUT2D eigenvalue weighted by molar-refractivity contribution is 0.313. The summed E-state index contributed by atoms with van der Waals surface area (Å²) < 4.78 is 32.5. The zero-order valence-electron chi connectivity index (χ0n) is 12.3. The van der Waals surface area contributed by atoms with E-state index < -0.39 is 15.6 Å². The number of nitrogens with one attached hydrogen (secondary N) is 1. The number of rotatable bonds is 8. The fourth-order valence-electron chi connectivity index (χ4n) is 1.48. The summed E-state index contributed by atoms with van der Waals surface area (Å²) in [6.45, 7) is 6.76. The van der Waals surface area contributed by atoms with Gasteiger partial charge in [-0.1, -0.05) is 6.92 Å². The first kappa shape index (κ1) is 16.9. The maximum atomic E-state index is 12.2. The van der Waals surface area contributed by atoms with Gasteiger partial charge in [0.05, 0.1) is 11.5 Å². The van der Waals surface area contributed by atoms with Crippen molar-refractivity contribution in [2.24, 2.45) is 5.73 Å². The minimum absolute atomic E-state index is 0.241. The normalized spacial score (nSPS) is 12.4. The van der Waals surface area contributed by atoms with Crippen LogP contribution in [0.25, 0.3) is 0 Å². The SMILES string of the molecule is CCC(C)(C)NS(=O)(=O)c1ccc(OCCCN)cc1. The minimum Gasteiger partial charge on any atom is -0.494 e. The van der Waals surface area contributed by atoms with Crippen molar-refractivity contribution >= 4 is 10.0 Å². The quantitative estimate of drug-likeness (QED) is 0.718. The molecule has 0 aromatic heterocycles. The molecule has 5 nitrogen and oxygen atoms in total. The third-order valence-corrected chi connectivity index (χ3v) is 4.76. The molecule has 0 fully saturated rings. The largest absolute Gasteiger partial charge is 0.494 e. The van der Waals surface area contributed by atoms with Gasteiger partial charge in [-0.15, -0.1) is 0 Å². The zero-order valence-corrected chi connectivity index (χ0v) is 13.2. The number of hydrogen-bond acceptors (Lipinski definition) is 4. The third-order valence-electron chi connectivity index (χ3n) is 3.05. The Morgan fingerprint density at radius 3 is 2.35 bits per heavy atom. The van der Waals surface area contributed by atoms with Gasteiger partial charge < -0.3 is 10.5 Å². The van der Waals surface area contributed by atoms with Gasteiger partial charge in [-0.2, -0.15) is 0 Å². The molecule has 0 heterocycles. The number of benzene rings is 1. The van der Waals surface area contributed by atoms with Crippen molar-refractivity contribution in [2.75, 3.05) is 13.2 Å². The van der Waals surface area contributed by atoms with Gasteiger partial charge >= 0.3 is 0 Å².